The summed E-state index contributed by atoms with van der Waals surface area (Å²) in [5.74, 6) is -1.51. The van der Waals surface area contributed by atoms with Crippen LogP contribution in [0.1, 0.15) is 9.67 Å². The summed E-state index contributed by atoms with van der Waals surface area (Å²) in [7, 11) is 0. The Hall–Kier alpha value is -1.34. The molecule has 1 heterocycles. The van der Waals surface area contributed by atoms with Crippen LogP contribution in [0.25, 0.3) is 11.3 Å². The Labute approximate surface area is 102 Å². The van der Waals surface area contributed by atoms with E-state index >= 15 is 0 Å². The monoisotopic (exact) mass is 302 g/mol. The predicted octanol–water partition coefficient (Wildman–Crippen LogP) is 2.80. The van der Waals surface area contributed by atoms with Crippen LogP contribution in [0.3, 0.4) is 0 Å². The molecule has 2 rings (SSSR count). The van der Waals surface area contributed by atoms with Gasteiger partial charge in [0.15, 0.2) is 4.88 Å². The SMILES string of the molecule is O=C(O)c1snnc1-c1ccc(F)c(Br)c1. The minimum Gasteiger partial charge on any atom is -0.477 e. The van der Waals surface area contributed by atoms with Gasteiger partial charge in [-0.1, -0.05) is 4.49 Å². The van der Waals surface area contributed by atoms with Crippen molar-refractivity contribution in [2.45, 2.75) is 0 Å². The summed E-state index contributed by atoms with van der Waals surface area (Å²) >= 11 is 3.82. The Bertz CT molecular complexity index is 558. The Balaban J connectivity index is 2.54. The Morgan fingerprint density at radius 1 is 1.50 bits per heavy atom. The molecule has 2 aromatic rings. The summed E-state index contributed by atoms with van der Waals surface area (Å²) in [4.78, 5) is 10.9. The first kappa shape index (κ1) is 11.2. The Kier molecular flexibility index (Phi) is 2.97. The predicted molar refractivity (Wildman–Crippen MR) is 60.0 cm³/mol. The van der Waals surface area contributed by atoms with E-state index in [4.69, 9.17) is 5.11 Å². The van der Waals surface area contributed by atoms with Crippen molar-refractivity contribution >= 4 is 33.4 Å². The van der Waals surface area contributed by atoms with Crippen molar-refractivity contribution in [1.82, 2.24) is 9.59 Å². The van der Waals surface area contributed by atoms with Crippen LogP contribution in [0, 0.1) is 5.82 Å². The Morgan fingerprint density at radius 2 is 2.25 bits per heavy atom. The zero-order valence-corrected chi connectivity index (χ0v) is 10.0. The van der Waals surface area contributed by atoms with Crippen LogP contribution in [-0.2, 0) is 0 Å². The molecule has 82 valence electrons. The summed E-state index contributed by atoms with van der Waals surface area (Å²) in [6.07, 6.45) is 0. The smallest absolute Gasteiger partial charge is 0.349 e. The molecule has 0 amide bonds. The lowest BCUT2D eigenvalue weighted by atomic mass is 10.1. The number of aromatic nitrogens is 2. The van der Waals surface area contributed by atoms with Gasteiger partial charge in [0.05, 0.1) is 4.47 Å². The van der Waals surface area contributed by atoms with Gasteiger partial charge in [0.25, 0.3) is 0 Å². The molecule has 0 fully saturated rings. The van der Waals surface area contributed by atoms with E-state index in [0.717, 1.165) is 11.5 Å². The van der Waals surface area contributed by atoms with Gasteiger partial charge in [0, 0.05) is 5.56 Å². The molecule has 1 N–H and O–H groups in total. The number of aromatic carboxylic acids is 1. The fraction of sp³-hybridized carbons (Fsp3) is 0. The summed E-state index contributed by atoms with van der Waals surface area (Å²) < 4.78 is 16.8. The molecule has 0 unspecified atom stereocenters. The van der Waals surface area contributed by atoms with E-state index in [1.165, 1.54) is 18.2 Å². The second-order valence-corrected chi connectivity index (χ2v) is 4.49. The first-order valence-electron chi connectivity index (χ1n) is 4.10. The van der Waals surface area contributed by atoms with E-state index in [-0.39, 0.29) is 15.0 Å². The quantitative estimate of drug-likeness (QED) is 0.926. The molecule has 0 saturated heterocycles. The van der Waals surface area contributed by atoms with E-state index in [2.05, 4.69) is 25.5 Å². The number of carbonyl (C=O) groups is 1. The van der Waals surface area contributed by atoms with Crippen LogP contribution < -0.4 is 0 Å². The maximum atomic E-state index is 13.0. The topological polar surface area (TPSA) is 63.1 Å². The number of halogens is 2. The molecule has 0 bridgehead atoms. The third kappa shape index (κ3) is 1.96. The molecule has 4 nitrogen and oxygen atoms in total. The second-order valence-electron chi connectivity index (χ2n) is 2.88. The van der Waals surface area contributed by atoms with E-state index in [1.807, 2.05) is 0 Å². The number of carboxylic acid groups (broad SMARTS) is 1. The Morgan fingerprint density at radius 3 is 2.88 bits per heavy atom. The molecule has 0 aliphatic carbocycles. The fourth-order valence-corrected chi connectivity index (χ4v) is 2.07. The van der Waals surface area contributed by atoms with Crippen LogP contribution in [0.4, 0.5) is 4.39 Å². The van der Waals surface area contributed by atoms with Gasteiger partial charge in [-0.15, -0.1) is 5.10 Å². The van der Waals surface area contributed by atoms with Crippen molar-refractivity contribution < 1.29 is 14.3 Å². The molecule has 16 heavy (non-hydrogen) atoms. The molecular weight excluding hydrogens is 299 g/mol. The van der Waals surface area contributed by atoms with Crippen molar-refractivity contribution in [3.05, 3.63) is 33.4 Å². The van der Waals surface area contributed by atoms with Gasteiger partial charge in [-0.25, -0.2) is 9.18 Å². The summed E-state index contributed by atoms with van der Waals surface area (Å²) in [6.45, 7) is 0. The average Bonchev–Trinajstić information content (AvgIpc) is 2.71. The number of benzene rings is 1. The minimum atomic E-state index is -1.09. The maximum Gasteiger partial charge on any atom is 0.349 e. The van der Waals surface area contributed by atoms with Gasteiger partial charge in [0.2, 0.25) is 0 Å². The van der Waals surface area contributed by atoms with Gasteiger partial charge < -0.3 is 5.11 Å². The summed E-state index contributed by atoms with van der Waals surface area (Å²) in [5, 5.41) is 12.6. The van der Waals surface area contributed by atoms with E-state index in [1.54, 1.807) is 0 Å². The zero-order valence-electron chi connectivity index (χ0n) is 7.65. The molecule has 1 aromatic carbocycles. The van der Waals surface area contributed by atoms with Crippen molar-refractivity contribution in [1.29, 1.82) is 0 Å². The summed E-state index contributed by atoms with van der Waals surface area (Å²) in [5.41, 5.74) is 0.762. The molecular formula is C9H4BrFN2O2S. The first-order valence-corrected chi connectivity index (χ1v) is 5.67. The highest BCUT2D eigenvalue weighted by Gasteiger charge is 2.17. The fourth-order valence-electron chi connectivity index (χ4n) is 1.16. The second kappa shape index (κ2) is 4.26. The number of hydrogen-bond acceptors (Lipinski definition) is 4. The van der Waals surface area contributed by atoms with Gasteiger partial charge in [-0.2, -0.15) is 0 Å². The van der Waals surface area contributed by atoms with Gasteiger partial charge in [-0.3, -0.25) is 0 Å². The molecule has 7 heteroatoms. The number of carboxylic acids is 1. The van der Waals surface area contributed by atoms with Crippen LogP contribution in [0.15, 0.2) is 22.7 Å². The lowest BCUT2D eigenvalue weighted by Gasteiger charge is -1.99. The van der Waals surface area contributed by atoms with Crippen molar-refractivity contribution in [3.63, 3.8) is 0 Å². The molecule has 1 aromatic heterocycles. The van der Waals surface area contributed by atoms with Crippen LogP contribution in [-0.4, -0.2) is 20.7 Å². The number of hydrogen-bond donors (Lipinski definition) is 1. The van der Waals surface area contributed by atoms with Gasteiger partial charge in [0.1, 0.15) is 11.5 Å². The van der Waals surface area contributed by atoms with Crippen molar-refractivity contribution in [3.8, 4) is 11.3 Å². The van der Waals surface area contributed by atoms with Crippen LogP contribution in [0.5, 0.6) is 0 Å². The highest BCUT2D eigenvalue weighted by atomic mass is 79.9. The molecule has 0 saturated carbocycles. The van der Waals surface area contributed by atoms with Crippen molar-refractivity contribution in [2.24, 2.45) is 0 Å². The third-order valence-electron chi connectivity index (χ3n) is 1.88. The highest BCUT2D eigenvalue weighted by molar-refractivity contribution is 9.10. The molecule has 0 aliphatic heterocycles. The molecule has 0 atom stereocenters. The molecule has 0 aliphatic rings. The number of rotatable bonds is 2. The van der Waals surface area contributed by atoms with Gasteiger partial charge >= 0.3 is 5.97 Å². The third-order valence-corrected chi connectivity index (χ3v) is 3.20. The average molecular weight is 303 g/mol. The highest BCUT2D eigenvalue weighted by Crippen LogP contribution is 2.27. The standard InChI is InChI=1S/C9H4BrFN2O2S/c10-5-3-4(1-2-6(5)11)7-8(9(14)15)16-13-12-7/h1-3H,(H,14,15). The lowest BCUT2D eigenvalue weighted by Crippen LogP contribution is -1.95. The van der Waals surface area contributed by atoms with E-state index in [9.17, 15) is 9.18 Å². The molecule has 0 spiro atoms. The maximum absolute atomic E-state index is 13.0. The minimum absolute atomic E-state index is 0.0403. The van der Waals surface area contributed by atoms with E-state index < -0.39 is 11.8 Å². The zero-order chi connectivity index (χ0) is 11.7. The molecule has 0 radical (unpaired) electrons. The first-order chi connectivity index (χ1) is 7.59. The van der Waals surface area contributed by atoms with Crippen LogP contribution in [0.2, 0.25) is 0 Å². The normalized spacial score (nSPS) is 10.4. The number of nitrogens with zero attached hydrogens (tertiary/aromatic N) is 2. The van der Waals surface area contributed by atoms with Crippen LogP contribution >= 0.6 is 27.5 Å². The van der Waals surface area contributed by atoms with E-state index in [0.29, 0.717) is 5.56 Å². The van der Waals surface area contributed by atoms with Gasteiger partial charge in [-0.05, 0) is 45.7 Å². The van der Waals surface area contributed by atoms with Crippen molar-refractivity contribution in [2.75, 3.05) is 0 Å². The summed E-state index contributed by atoms with van der Waals surface area (Å²) in [6, 6.07) is 4.17. The largest absolute Gasteiger partial charge is 0.477 e. The lowest BCUT2D eigenvalue weighted by molar-refractivity contribution is 0.0702.